The van der Waals surface area contributed by atoms with E-state index in [1.165, 1.54) is 23.1 Å². The molecule has 0 saturated heterocycles. The standard InChI is InChI=1S/C25H29N3/c1-17(2)12-19-9-10-20(13-22(19)14-26)25(16-27-4)28-15-21-6-5-7-23-18(3)8-11-24(21)23/h5-7,9-10,13,17-18H,4,8,11-12,15-16H2,1-3H3/b28-25+. The third-order valence-electron chi connectivity index (χ3n) is 5.56. The predicted octanol–water partition coefficient (Wildman–Crippen LogP) is 5.50. The van der Waals surface area contributed by atoms with E-state index in [9.17, 15) is 5.26 Å². The van der Waals surface area contributed by atoms with Crippen molar-refractivity contribution in [3.05, 3.63) is 69.8 Å². The van der Waals surface area contributed by atoms with E-state index < -0.39 is 0 Å². The second-order valence-corrected chi connectivity index (χ2v) is 8.15. The molecule has 0 saturated carbocycles. The van der Waals surface area contributed by atoms with Crippen LogP contribution in [0.25, 0.3) is 0 Å². The number of hydrogen-bond donors (Lipinski definition) is 0. The highest BCUT2D eigenvalue weighted by atomic mass is 14.8. The first kappa shape index (κ1) is 20.0. The molecule has 1 atom stereocenters. The Morgan fingerprint density at radius 2 is 2.07 bits per heavy atom. The molecule has 144 valence electrons. The summed E-state index contributed by atoms with van der Waals surface area (Å²) in [6.07, 6.45) is 3.27. The van der Waals surface area contributed by atoms with Gasteiger partial charge in [-0.25, -0.2) is 0 Å². The molecule has 2 aromatic carbocycles. The van der Waals surface area contributed by atoms with Crippen LogP contribution in [0, 0.1) is 17.2 Å². The second-order valence-electron chi connectivity index (χ2n) is 8.15. The van der Waals surface area contributed by atoms with E-state index in [0.29, 0.717) is 24.9 Å². The van der Waals surface area contributed by atoms with Crippen LogP contribution in [-0.2, 0) is 19.4 Å². The van der Waals surface area contributed by atoms with Gasteiger partial charge in [-0.3, -0.25) is 9.98 Å². The van der Waals surface area contributed by atoms with E-state index in [4.69, 9.17) is 4.99 Å². The average molecular weight is 372 g/mol. The Morgan fingerprint density at radius 3 is 2.79 bits per heavy atom. The van der Waals surface area contributed by atoms with Gasteiger partial charge in [-0.05, 0) is 71.7 Å². The molecular formula is C25H29N3. The molecule has 0 spiro atoms. The highest BCUT2D eigenvalue weighted by Gasteiger charge is 2.20. The maximum atomic E-state index is 9.58. The van der Waals surface area contributed by atoms with Crippen molar-refractivity contribution in [2.24, 2.45) is 15.9 Å². The molecule has 0 radical (unpaired) electrons. The number of nitrogens with zero attached hydrogens (tertiary/aromatic N) is 3. The van der Waals surface area contributed by atoms with Gasteiger partial charge in [-0.2, -0.15) is 5.26 Å². The molecule has 3 heteroatoms. The Bertz CT molecular complexity index is 931. The predicted molar refractivity (Wildman–Crippen MR) is 118 cm³/mol. The first-order chi connectivity index (χ1) is 13.5. The minimum atomic E-state index is 0.458. The van der Waals surface area contributed by atoms with E-state index in [1.54, 1.807) is 0 Å². The van der Waals surface area contributed by atoms with Gasteiger partial charge in [0.15, 0.2) is 0 Å². The first-order valence-electron chi connectivity index (χ1n) is 10.1. The summed E-state index contributed by atoms with van der Waals surface area (Å²) in [6, 6.07) is 15.0. The Hall–Kier alpha value is -2.73. The van der Waals surface area contributed by atoms with Gasteiger partial charge in [-0.15, -0.1) is 0 Å². The molecule has 0 heterocycles. The summed E-state index contributed by atoms with van der Waals surface area (Å²) in [7, 11) is 0. The quantitative estimate of drug-likeness (QED) is 0.593. The fourth-order valence-corrected chi connectivity index (χ4v) is 4.08. The second kappa shape index (κ2) is 8.97. The van der Waals surface area contributed by atoms with E-state index in [1.807, 2.05) is 6.07 Å². The zero-order valence-corrected chi connectivity index (χ0v) is 17.2. The van der Waals surface area contributed by atoms with Crippen molar-refractivity contribution in [3.63, 3.8) is 0 Å². The van der Waals surface area contributed by atoms with Crippen LogP contribution in [0.3, 0.4) is 0 Å². The van der Waals surface area contributed by atoms with Crippen LogP contribution in [0.5, 0.6) is 0 Å². The summed E-state index contributed by atoms with van der Waals surface area (Å²) in [5.74, 6) is 1.16. The van der Waals surface area contributed by atoms with Crippen molar-refractivity contribution in [1.29, 1.82) is 5.26 Å². The van der Waals surface area contributed by atoms with Crippen molar-refractivity contribution < 1.29 is 0 Å². The summed E-state index contributed by atoms with van der Waals surface area (Å²) in [4.78, 5) is 8.97. The summed E-state index contributed by atoms with van der Waals surface area (Å²) in [5.41, 5.74) is 7.94. The van der Waals surface area contributed by atoms with Crippen LogP contribution in [-0.4, -0.2) is 19.0 Å². The highest BCUT2D eigenvalue weighted by molar-refractivity contribution is 6.02. The molecule has 0 aliphatic heterocycles. The number of hydrogen-bond acceptors (Lipinski definition) is 3. The minimum absolute atomic E-state index is 0.458. The molecule has 0 N–H and O–H groups in total. The maximum absolute atomic E-state index is 9.58. The normalized spacial score (nSPS) is 16.1. The zero-order valence-electron chi connectivity index (χ0n) is 17.2. The van der Waals surface area contributed by atoms with Gasteiger partial charge in [0.25, 0.3) is 0 Å². The van der Waals surface area contributed by atoms with E-state index in [0.717, 1.165) is 35.2 Å². The molecule has 1 aliphatic carbocycles. The maximum Gasteiger partial charge on any atom is 0.0994 e. The summed E-state index contributed by atoms with van der Waals surface area (Å²) in [5, 5.41) is 9.58. The summed E-state index contributed by atoms with van der Waals surface area (Å²) < 4.78 is 0. The van der Waals surface area contributed by atoms with Crippen LogP contribution in [0.4, 0.5) is 0 Å². The van der Waals surface area contributed by atoms with Gasteiger partial charge in [0.05, 0.1) is 30.4 Å². The van der Waals surface area contributed by atoms with Crippen LogP contribution in [0.15, 0.2) is 46.4 Å². The molecule has 3 nitrogen and oxygen atoms in total. The first-order valence-corrected chi connectivity index (χ1v) is 10.1. The number of aliphatic imine (C=N–C) groups is 2. The van der Waals surface area contributed by atoms with Crippen LogP contribution < -0.4 is 0 Å². The lowest BCUT2D eigenvalue weighted by Crippen LogP contribution is -2.08. The van der Waals surface area contributed by atoms with Gasteiger partial charge in [0, 0.05) is 0 Å². The Balaban J connectivity index is 1.90. The van der Waals surface area contributed by atoms with Crippen LogP contribution in [0.1, 0.15) is 66.5 Å². The van der Waals surface area contributed by atoms with E-state index >= 15 is 0 Å². The summed E-state index contributed by atoms with van der Waals surface area (Å²) >= 11 is 0. The number of rotatable bonds is 7. The zero-order chi connectivity index (χ0) is 20.1. The number of benzene rings is 2. The molecule has 1 aliphatic rings. The topological polar surface area (TPSA) is 48.5 Å². The molecule has 0 amide bonds. The molecule has 2 aromatic rings. The van der Waals surface area contributed by atoms with Crippen LogP contribution >= 0.6 is 0 Å². The van der Waals surface area contributed by atoms with Crippen molar-refractivity contribution >= 4 is 12.4 Å². The van der Waals surface area contributed by atoms with Gasteiger partial charge < -0.3 is 0 Å². The fraction of sp³-hybridized carbons (Fsp3) is 0.400. The van der Waals surface area contributed by atoms with Gasteiger partial charge >= 0.3 is 0 Å². The lowest BCUT2D eigenvalue weighted by Gasteiger charge is -2.12. The van der Waals surface area contributed by atoms with Crippen molar-refractivity contribution in [1.82, 2.24) is 0 Å². The molecular weight excluding hydrogens is 342 g/mol. The molecule has 28 heavy (non-hydrogen) atoms. The SMILES string of the molecule is C=NC/C(=N\Cc1cccc2c1CCC2C)c1ccc(CC(C)C)c(C#N)c1. The Morgan fingerprint density at radius 1 is 1.25 bits per heavy atom. The van der Waals surface area contributed by atoms with Gasteiger partial charge in [0.2, 0.25) is 0 Å². The monoisotopic (exact) mass is 371 g/mol. The molecule has 3 rings (SSSR count). The van der Waals surface area contributed by atoms with Crippen LogP contribution in [0.2, 0.25) is 0 Å². The van der Waals surface area contributed by atoms with Crippen molar-refractivity contribution in [2.75, 3.05) is 6.54 Å². The number of fused-ring (bicyclic) bond motifs is 1. The summed E-state index contributed by atoms with van der Waals surface area (Å²) in [6.45, 7) is 11.4. The molecule has 0 fully saturated rings. The third kappa shape index (κ3) is 4.39. The lowest BCUT2D eigenvalue weighted by atomic mass is 9.95. The fourth-order valence-electron chi connectivity index (χ4n) is 4.08. The minimum Gasteiger partial charge on any atom is -0.295 e. The highest BCUT2D eigenvalue weighted by Crippen LogP contribution is 2.34. The van der Waals surface area contributed by atoms with Crippen molar-refractivity contribution in [2.45, 2.75) is 52.5 Å². The lowest BCUT2D eigenvalue weighted by molar-refractivity contribution is 0.646. The molecule has 1 unspecified atom stereocenters. The number of nitriles is 1. The van der Waals surface area contributed by atoms with Gasteiger partial charge in [-0.1, -0.05) is 51.1 Å². The Kier molecular flexibility index (Phi) is 6.41. The third-order valence-corrected chi connectivity index (χ3v) is 5.56. The molecule has 0 bridgehead atoms. The van der Waals surface area contributed by atoms with Crippen molar-refractivity contribution in [3.8, 4) is 6.07 Å². The Labute approximate surface area is 168 Å². The van der Waals surface area contributed by atoms with E-state index in [-0.39, 0.29) is 0 Å². The smallest absolute Gasteiger partial charge is 0.0994 e. The average Bonchev–Trinajstić information content (AvgIpc) is 3.07. The molecule has 0 aromatic heterocycles. The van der Waals surface area contributed by atoms with Gasteiger partial charge in [0.1, 0.15) is 0 Å². The van der Waals surface area contributed by atoms with E-state index in [2.05, 4.69) is 68.9 Å². The largest absolute Gasteiger partial charge is 0.295 e.